The zero-order valence-corrected chi connectivity index (χ0v) is 7.39. The Hall–Kier alpha value is -0.850. The predicted octanol–water partition coefficient (Wildman–Crippen LogP) is 2.57. The molecule has 0 spiro atoms. The molecule has 1 radical (unpaired) electrons. The largest absolute Gasteiger partial charge is 0.254 e. The molecule has 0 aliphatic heterocycles. The van der Waals surface area contributed by atoms with Gasteiger partial charge >= 0.3 is 0 Å². The van der Waals surface area contributed by atoms with Crippen LogP contribution in [0.5, 0.6) is 0 Å². The van der Waals surface area contributed by atoms with Crippen molar-refractivity contribution in [1.29, 1.82) is 0 Å². The number of hydrogen-bond donors (Lipinski definition) is 0. The van der Waals surface area contributed by atoms with Crippen LogP contribution in [0, 0.1) is 6.20 Å². The molecule has 1 heteroatoms. The van der Waals surface area contributed by atoms with Gasteiger partial charge in [-0.3, -0.25) is 4.98 Å². The molecule has 59 valence electrons. The second kappa shape index (κ2) is 3.51. The molecule has 0 fully saturated rings. The third-order valence-corrected chi connectivity index (χ3v) is 1.81. The van der Waals surface area contributed by atoms with Gasteiger partial charge in [-0.05, 0) is 23.5 Å². The Kier molecular flexibility index (Phi) is 2.64. The van der Waals surface area contributed by atoms with Gasteiger partial charge in [0.15, 0.2) is 0 Å². The van der Waals surface area contributed by atoms with Crippen LogP contribution >= 0.6 is 0 Å². The molecule has 1 rings (SSSR count). The smallest absolute Gasteiger partial charge is 0.0920 e. The average molecular weight is 148 g/mol. The van der Waals surface area contributed by atoms with Crippen molar-refractivity contribution in [3.63, 3.8) is 0 Å². The highest BCUT2D eigenvalue weighted by molar-refractivity contribution is 5.19. The lowest BCUT2D eigenvalue weighted by Gasteiger charge is -2.04. The number of pyridine rings is 1. The van der Waals surface area contributed by atoms with Gasteiger partial charge in [0.25, 0.3) is 0 Å². The highest BCUT2D eigenvalue weighted by atomic mass is 14.6. The first kappa shape index (κ1) is 8.25. The topological polar surface area (TPSA) is 12.9 Å². The molecule has 0 N–H and O–H groups in total. The fourth-order valence-corrected chi connectivity index (χ4v) is 0.957. The molecule has 0 bridgehead atoms. The van der Waals surface area contributed by atoms with Gasteiger partial charge in [-0.15, -0.1) is 0 Å². The van der Waals surface area contributed by atoms with Gasteiger partial charge in [-0.2, -0.15) is 0 Å². The van der Waals surface area contributed by atoms with Crippen molar-refractivity contribution in [2.45, 2.75) is 33.1 Å². The lowest BCUT2D eigenvalue weighted by atomic mass is 10.0. The Morgan fingerprint density at radius 3 is 2.82 bits per heavy atom. The molecule has 1 nitrogen and oxygen atoms in total. The van der Waals surface area contributed by atoms with Gasteiger partial charge in [0.1, 0.15) is 0 Å². The van der Waals surface area contributed by atoms with Gasteiger partial charge in [-0.1, -0.05) is 26.8 Å². The summed E-state index contributed by atoms with van der Waals surface area (Å²) in [4.78, 5) is 4.05. The van der Waals surface area contributed by atoms with Crippen molar-refractivity contribution in [3.8, 4) is 0 Å². The third-order valence-electron chi connectivity index (χ3n) is 1.81. The normalized spacial score (nSPS) is 10.5. The zero-order valence-electron chi connectivity index (χ0n) is 7.39. The Balaban J connectivity index is 2.91. The van der Waals surface area contributed by atoms with Gasteiger partial charge in [0.05, 0.1) is 6.20 Å². The van der Waals surface area contributed by atoms with Crippen molar-refractivity contribution >= 4 is 0 Å². The van der Waals surface area contributed by atoms with E-state index >= 15 is 0 Å². The summed E-state index contributed by atoms with van der Waals surface area (Å²) in [5.41, 5.74) is 2.51. The van der Waals surface area contributed by atoms with E-state index in [-0.39, 0.29) is 0 Å². The molecule has 0 aromatic carbocycles. The molecule has 0 saturated carbocycles. The molecule has 0 aliphatic rings. The van der Waals surface area contributed by atoms with Gasteiger partial charge < -0.3 is 0 Å². The maximum absolute atomic E-state index is 4.05. The fourth-order valence-electron chi connectivity index (χ4n) is 0.957. The van der Waals surface area contributed by atoms with E-state index in [9.17, 15) is 0 Å². The van der Waals surface area contributed by atoms with Crippen molar-refractivity contribution in [3.05, 3.63) is 29.6 Å². The second-order valence-electron chi connectivity index (χ2n) is 3.05. The van der Waals surface area contributed by atoms with E-state index in [1.54, 1.807) is 0 Å². The van der Waals surface area contributed by atoms with E-state index in [0.29, 0.717) is 5.92 Å². The van der Waals surface area contributed by atoms with Crippen LogP contribution in [-0.4, -0.2) is 4.98 Å². The van der Waals surface area contributed by atoms with E-state index in [2.05, 4.69) is 38.0 Å². The molecule has 0 amide bonds. The first-order valence-electron chi connectivity index (χ1n) is 4.10. The van der Waals surface area contributed by atoms with Crippen molar-refractivity contribution in [1.82, 2.24) is 4.98 Å². The Labute approximate surface area is 68.5 Å². The van der Waals surface area contributed by atoms with Crippen LogP contribution in [0.2, 0.25) is 0 Å². The van der Waals surface area contributed by atoms with Crippen molar-refractivity contribution in [2.75, 3.05) is 0 Å². The zero-order chi connectivity index (χ0) is 8.27. The highest BCUT2D eigenvalue weighted by Gasteiger charge is 1.99. The molecule has 1 heterocycles. The molecule has 0 atom stereocenters. The summed E-state index contributed by atoms with van der Waals surface area (Å²) in [5, 5.41) is 0. The quantitative estimate of drug-likeness (QED) is 0.628. The lowest BCUT2D eigenvalue weighted by molar-refractivity contribution is 0.851. The van der Waals surface area contributed by atoms with Crippen molar-refractivity contribution in [2.24, 2.45) is 0 Å². The Bertz CT molecular complexity index is 228. The molecular formula is C10H14N. The van der Waals surface area contributed by atoms with Crippen LogP contribution < -0.4 is 0 Å². The predicted molar refractivity (Wildman–Crippen MR) is 46.5 cm³/mol. The third kappa shape index (κ3) is 2.04. The number of aromatic nitrogens is 1. The maximum atomic E-state index is 4.05. The van der Waals surface area contributed by atoms with E-state index in [0.717, 1.165) is 6.42 Å². The van der Waals surface area contributed by atoms with Crippen LogP contribution in [0.25, 0.3) is 0 Å². The van der Waals surface area contributed by atoms with Crippen molar-refractivity contribution < 1.29 is 0 Å². The summed E-state index contributed by atoms with van der Waals surface area (Å²) in [7, 11) is 0. The van der Waals surface area contributed by atoms with Crippen LogP contribution in [-0.2, 0) is 6.42 Å². The van der Waals surface area contributed by atoms with Crippen LogP contribution in [0.3, 0.4) is 0 Å². The molecule has 0 unspecified atom stereocenters. The fraction of sp³-hybridized carbons (Fsp3) is 0.500. The second-order valence-corrected chi connectivity index (χ2v) is 3.05. The van der Waals surface area contributed by atoms with Gasteiger partial charge in [-0.25, -0.2) is 0 Å². The van der Waals surface area contributed by atoms with E-state index in [4.69, 9.17) is 0 Å². The minimum atomic E-state index is 0.572. The van der Waals surface area contributed by atoms with Crippen LogP contribution in [0.4, 0.5) is 0 Å². The molecule has 11 heavy (non-hydrogen) atoms. The Morgan fingerprint density at radius 2 is 2.27 bits per heavy atom. The first-order chi connectivity index (χ1) is 5.24. The number of hydrogen-bond acceptors (Lipinski definition) is 1. The maximum Gasteiger partial charge on any atom is 0.0920 e. The summed E-state index contributed by atoms with van der Waals surface area (Å²) >= 11 is 0. The first-order valence-corrected chi connectivity index (χ1v) is 4.10. The minimum Gasteiger partial charge on any atom is -0.254 e. The number of aryl methyl sites for hydroxylation is 1. The molecule has 0 saturated heterocycles. The summed E-state index contributed by atoms with van der Waals surface area (Å²) < 4.78 is 0. The average Bonchev–Trinajstić information content (AvgIpc) is 2.05. The van der Waals surface area contributed by atoms with E-state index in [1.807, 2.05) is 6.20 Å². The summed E-state index contributed by atoms with van der Waals surface area (Å²) in [6.07, 6.45) is 5.88. The molecule has 0 aliphatic carbocycles. The SMILES string of the molecule is CCc1[c]ncc(C(C)C)c1. The van der Waals surface area contributed by atoms with Crippen LogP contribution in [0.15, 0.2) is 12.3 Å². The number of rotatable bonds is 2. The summed E-state index contributed by atoms with van der Waals surface area (Å²) in [5.74, 6) is 0.572. The number of nitrogens with zero attached hydrogens (tertiary/aromatic N) is 1. The lowest BCUT2D eigenvalue weighted by Crippen LogP contribution is -1.91. The van der Waals surface area contributed by atoms with E-state index < -0.39 is 0 Å². The summed E-state index contributed by atoms with van der Waals surface area (Å²) in [6.45, 7) is 6.48. The monoisotopic (exact) mass is 148 g/mol. The molecule has 1 aromatic heterocycles. The Morgan fingerprint density at radius 1 is 1.55 bits per heavy atom. The summed E-state index contributed by atoms with van der Waals surface area (Å²) in [6, 6.07) is 2.18. The standard InChI is InChI=1S/C10H14N/c1-4-9-5-10(8(2)3)7-11-6-9/h5,7-8H,4H2,1-3H3. The highest BCUT2D eigenvalue weighted by Crippen LogP contribution is 2.13. The van der Waals surface area contributed by atoms with Crippen LogP contribution in [0.1, 0.15) is 37.8 Å². The van der Waals surface area contributed by atoms with Gasteiger partial charge in [0, 0.05) is 6.20 Å². The van der Waals surface area contributed by atoms with E-state index in [1.165, 1.54) is 11.1 Å². The minimum absolute atomic E-state index is 0.572. The van der Waals surface area contributed by atoms with Gasteiger partial charge in [0.2, 0.25) is 0 Å². The molecular weight excluding hydrogens is 134 g/mol. The molecule has 1 aromatic rings.